The third kappa shape index (κ3) is 3.56. The lowest BCUT2D eigenvalue weighted by molar-refractivity contribution is 0.200. The quantitative estimate of drug-likeness (QED) is 0.727. The molecule has 27 heavy (non-hydrogen) atoms. The predicted molar refractivity (Wildman–Crippen MR) is 107 cm³/mol. The summed E-state index contributed by atoms with van der Waals surface area (Å²) in [4.78, 5) is 19.0. The zero-order chi connectivity index (χ0) is 19.0. The van der Waals surface area contributed by atoms with Crippen molar-refractivity contribution in [3.8, 4) is 0 Å². The summed E-state index contributed by atoms with van der Waals surface area (Å²) in [5.74, 6) is 1.44. The maximum absolute atomic E-state index is 12.8. The largest absolute Gasteiger partial charge is 0.343 e. The summed E-state index contributed by atoms with van der Waals surface area (Å²) in [5.41, 5.74) is 2.43. The third-order valence-electron chi connectivity index (χ3n) is 5.53. The van der Waals surface area contributed by atoms with Gasteiger partial charge in [-0.2, -0.15) is 0 Å². The van der Waals surface area contributed by atoms with Crippen molar-refractivity contribution in [1.82, 2.24) is 24.3 Å². The molecule has 0 aliphatic heterocycles. The van der Waals surface area contributed by atoms with Crippen molar-refractivity contribution in [3.63, 3.8) is 0 Å². The van der Waals surface area contributed by atoms with Gasteiger partial charge in [-0.15, -0.1) is 0 Å². The molecular weight excluding hydrogens is 338 g/mol. The summed E-state index contributed by atoms with van der Waals surface area (Å²) in [6.07, 6.45) is 6.02. The summed E-state index contributed by atoms with van der Waals surface area (Å²) in [7, 11) is 3.84. The molecule has 6 heteroatoms. The van der Waals surface area contributed by atoms with Crippen molar-refractivity contribution in [2.45, 2.75) is 32.4 Å². The number of imidazole rings is 1. The number of aryl methyl sites for hydroxylation is 2. The molecule has 1 N–H and O–H groups in total. The first-order valence-corrected chi connectivity index (χ1v) is 9.58. The van der Waals surface area contributed by atoms with E-state index >= 15 is 0 Å². The number of fused-ring (bicyclic) bond motifs is 1. The Kier molecular flexibility index (Phi) is 4.64. The number of nitrogens with one attached hydrogen (secondary N) is 1. The Hall–Kier alpha value is -2.76. The second kappa shape index (κ2) is 7.10. The number of carbonyl (C=O) groups excluding carboxylic acids is 1. The number of para-hydroxylation sites is 1. The van der Waals surface area contributed by atoms with E-state index in [4.69, 9.17) is 0 Å². The molecule has 1 unspecified atom stereocenters. The number of benzene rings is 1. The lowest BCUT2D eigenvalue weighted by atomic mass is 10.1. The highest BCUT2D eigenvalue weighted by molar-refractivity contribution is 5.81. The maximum atomic E-state index is 12.8. The van der Waals surface area contributed by atoms with Gasteiger partial charge < -0.3 is 19.4 Å². The van der Waals surface area contributed by atoms with Crippen molar-refractivity contribution in [1.29, 1.82) is 0 Å². The number of carbonyl (C=O) groups is 1. The van der Waals surface area contributed by atoms with Gasteiger partial charge in [-0.05, 0) is 43.2 Å². The van der Waals surface area contributed by atoms with Crippen LogP contribution < -0.4 is 5.32 Å². The molecule has 1 aliphatic carbocycles. The third-order valence-corrected chi connectivity index (χ3v) is 5.53. The van der Waals surface area contributed by atoms with Gasteiger partial charge in [0.2, 0.25) is 0 Å². The van der Waals surface area contributed by atoms with E-state index in [1.165, 1.54) is 16.6 Å². The van der Waals surface area contributed by atoms with Crippen LogP contribution in [0.25, 0.3) is 10.9 Å². The van der Waals surface area contributed by atoms with Crippen molar-refractivity contribution in [3.05, 3.63) is 54.2 Å². The molecule has 4 rings (SSSR count). The molecule has 1 fully saturated rings. The van der Waals surface area contributed by atoms with E-state index in [1.54, 1.807) is 11.1 Å². The molecule has 0 spiro atoms. The van der Waals surface area contributed by atoms with Gasteiger partial charge in [0.1, 0.15) is 5.82 Å². The smallest absolute Gasteiger partial charge is 0.317 e. The fourth-order valence-electron chi connectivity index (χ4n) is 3.74. The fraction of sp³-hybridized carbons (Fsp3) is 0.429. The van der Waals surface area contributed by atoms with E-state index in [0.717, 1.165) is 25.2 Å². The lowest BCUT2D eigenvalue weighted by Gasteiger charge is -2.24. The average molecular weight is 365 g/mol. The van der Waals surface area contributed by atoms with Crippen LogP contribution in [-0.2, 0) is 13.6 Å². The number of hydrogen-bond donors (Lipinski definition) is 1. The molecule has 1 saturated carbocycles. The van der Waals surface area contributed by atoms with Crippen molar-refractivity contribution >= 4 is 16.9 Å². The number of hydrogen-bond acceptors (Lipinski definition) is 2. The van der Waals surface area contributed by atoms with Gasteiger partial charge in [-0.25, -0.2) is 9.78 Å². The second-order valence-corrected chi connectivity index (χ2v) is 7.58. The van der Waals surface area contributed by atoms with Crippen LogP contribution in [0.1, 0.15) is 30.4 Å². The van der Waals surface area contributed by atoms with Crippen LogP contribution in [0.3, 0.4) is 0 Å². The van der Waals surface area contributed by atoms with Gasteiger partial charge in [0.25, 0.3) is 0 Å². The Labute approximate surface area is 159 Å². The standard InChI is InChI=1S/C21H27N5O/c1-15-14-17-6-4-5-7-18(17)26(15)13-12-25(3)21(27)23-19(16-8-9-16)20-22-10-11-24(20)2/h4-7,10-11,14,16,19H,8-9,12-13H2,1-3H3,(H,23,27). The summed E-state index contributed by atoms with van der Waals surface area (Å²) < 4.78 is 4.27. The first-order chi connectivity index (χ1) is 13.0. The van der Waals surface area contributed by atoms with Gasteiger partial charge in [-0.3, -0.25) is 0 Å². The van der Waals surface area contributed by atoms with Crippen LogP contribution in [0.5, 0.6) is 0 Å². The summed E-state index contributed by atoms with van der Waals surface area (Å²) in [5, 5.41) is 4.44. The van der Waals surface area contributed by atoms with Gasteiger partial charge in [0.05, 0.1) is 6.04 Å². The summed E-state index contributed by atoms with van der Waals surface area (Å²) >= 11 is 0. The molecule has 0 bridgehead atoms. The molecule has 2 aromatic heterocycles. The van der Waals surface area contributed by atoms with E-state index in [0.29, 0.717) is 12.5 Å². The minimum absolute atomic E-state index is 0.00547. The zero-order valence-electron chi connectivity index (χ0n) is 16.2. The molecule has 2 amide bonds. The molecule has 1 aliphatic rings. The van der Waals surface area contributed by atoms with Gasteiger partial charge in [-0.1, -0.05) is 18.2 Å². The molecular formula is C21H27N5O. The summed E-state index contributed by atoms with van der Waals surface area (Å²) in [6, 6.07) is 10.5. The Bertz CT molecular complexity index is 953. The molecule has 142 valence electrons. The Morgan fingerprint density at radius 1 is 1.37 bits per heavy atom. The van der Waals surface area contributed by atoms with Crippen LogP contribution in [0.15, 0.2) is 42.7 Å². The Morgan fingerprint density at radius 3 is 2.85 bits per heavy atom. The zero-order valence-corrected chi connectivity index (χ0v) is 16.2. The number of aromatic nitrogens is 3. The normalized spacial score (nSPS) is 15.1. The van der Waals surface area contributed by atoms with Gasteiger partial charge in [0, 0.05) is 50.8 Å². The maximum Gasteiger partial charge on any atom is 0.317 e. The average Bonchev–Trinajstić information content (AvgIpc) is 3.33. The van der Waals surface area contributed by atoms with Crippen LogP contribution >= 0.6 is 0 Å². The fourth-order valence-corrected chi connectivity index (χ4v) is 3.74. The van der Waals surface area contributed by atoms with E-state index in [-0.39, 0.29) is 12.1 Å². The SMILES string of the molecule is Cc1cc2ccccc2n1CCN(C)C(=O)NC(c1nccn1C)C1CC1. The van der Waals surface area contributed by atoms with E-state index < -0.39 is 0 Å². The molecule has 2 heterocycles. The van der Waals surface area contributed by atoms with Crippen molar-refractivity contribution in [2.24, 2.45) is 13.0 Å². The number of likely N-dealkylation sites (N-methyl/N-ethyl adjacent to an activating group) is 1. The monoisotopic (exact) mass is 365 g/mol. The Balaban J connectivity index is 1.42. The molecule has 0 radical (unpaired) electrons. The van der Waals surface area contributed by atoms with E-state index in [9.17, 15) is 4.79 Å². The highest BCUT2D eigenvalue weighted by atomic mass is 16.2. The van der Waals surface area contributed by atoms with Crippen molar-refractivity contribution in [2.75, 3.05) is 13.6 Å². The number of nitrogens with zero attached hydrogens (tertiary/aromatic N) is 4. The highest BCUT2D eigenvalue weighted by Crippen LogP contribution is 2.40. The van der Waals surface area contributed by atoms with Crippen LogP contribution in [0.4, 0.5) is 4.79 Å². The Morgan fingerprint density at radius 2 is 2.15 bits per heavy atom. The second-order valence-electron chi connectivity index (χ2n) is 7.58. The summed E-state index contributed by atoms with van der Waals surface area (Å²) in [6.45, 7) is 3.55. The van der Waals surface area contributed by atoms with Gasteiger partial charge in [0.15, 0.2) is 0 Å². The highest BCUT2D eigenvalue weighted by Gasteiger charge is 2.36. The topological polar surface area (TPSA) is 55.1 Å². The number of rotatable bonds is 6. The molecule has 1 aromatic carbocycles. The number of urea groups is 1. The molecule has 1 atom stereocenters. The minimum Gasteiger partial charge on any atom is -0.343 e. The molecule has 3 aromatic rings. The molecule has 6 nitrogen and oxygen atoms in total. The molecule has 0 saturated heterocycles. The van der Waals surface area contributed by atoms with E-state index in [1.807, 2.05) is 24.9 Å². The first kappa shape index (κ1) is 17.6. The van der Waals surface area contributed by atoms with Crippen LogP contribution in [-0.4, -0.2) is 38.6 Å². The minimum atomic E-state index is -0.0379. The number of amides is 2. The van der Waals surface area contributed by atoms with E-state index in [2.05, 4.69) is 52.1 Å². The van der Waals surface area contributed by atoms with Gasteiger partial charge >= 0.3 is 6.03 Å². The van der Waals surface area contributed by atoms with Crippen LogP contribution in [0.2, 0.25) is 0 Å². The van der Waals surface area contributed by atoms with Crippen molar-refractivity contribution < 1.29 is 4.79 Å². The van der Waals surface area contributed by atoms with Crippen LogP contribution in [0, 0.1) is 12.8 Å². The first-order valence-electron chi connectivity index (χ1n) is 9.58. The lowest BCUT2D eigenvalue weighted by Crippen LogP contribution is -2.42. The predicted octanol–water partition coefficient (Wildman–Crippen LogP) is 3.48.